The Balaban J connectivity index is 1.80. The van der Waals surface area contributed by atoms with E-state index in [1.165, 1.54) is 36.8 Å². The molecular formula is C20H22N2O6. The van der Waals surface area contributed by atoms with Crippen molar-refractivity contribution in [3.63, 3.8) is 0 Å². The number of ether oxygens (including phenoxy) is 3. The van der Waals surface area contributed by atoms with Crippen molar-refractivity contribution in [2.75, 3.05) is 27.8 Å². The summed E-state index contributed by atoms with van der Waals surface area (Å²) in [7, 11) is 4.40. The molecule has 2 aromatic carbocycles. The summed E-state index contributed by atoms with van der Waals surface area (Å²) < 4.78 is 16.1. The topological polar surface area (TPSA) is 91.1 Å². The van der Waals surface area contributed by atoms with Crippen molar-refractivity contribution in [1.82, 2.24) is 4.90 Å². The highest BCUT2D eigenvalue weighted by Gasteiger charge is 2.29. The molecule has 28 heavy (non-hydrogen) atoms. The van der Waals surface area contributed by atoms with E-state index in [-0.39, 0.29) is 28.9 Å². The predicted molar refractivity (Wildman–Crippen MR) is 102 cm³/mol. The molecule has 0 aromatic heterocycles. The van der Waals surface area contributed by atoms with E-state index in [2.05, 4.69) is 0 Å². The van der Waals surface area contributed by atoms with Crippen molar-refractivity contribution >= 4 is 11.6 Å². The van der Waals surface area contributed by atoms with Gasteiger partial charge >= 0.3 is 0 Å². The Kier molecular flexibility index (Phi) is 5.79. The zero-order chi connectivity index (χ0) is 20.3. The van der Waals surface area contributed by atoms with Gasteiger partial charge in [-0.05, 0) is 11.1 Å². The van der Waals surface area contributed by atoms with Crippen molar-refractivity contribution in [3.8, 4) is 11.5 Å². The van der Waals surface area contributed by atoms with Crippen molar-refractivity contribution in [1.29, 1.82) is 0 Å². The molecule has 1 atom stereocenters. The van der Waals surface area contributed by atoms with Gasteiger partial charge in [-0.3, -0.25) is 14.9 Å². The number of likely N-dealkylation sites (N-methyl/N-ethyl adjacent to an activating group) is 1. The molecule has 0 fully saturated rings. The Morgan fingerprint density at radius 3 is 2.50 bits per heavy atom. The van der Waals surface area contributed by atoms with E-state index in [9.17, 15) is 14.9 Å². The van der Waals surface area contributed by atoms with Crippen molar-refractivity contribution < 1.29 is 23.9 Å². The van der Waals surface area contributed by atoms with Crippen molar-refractivity contribution in [3.05, 3.63) is 63.2 Å². The molecule has 0 saturated carbocycles. The summed E-state index contributed by atoms with van der Waals surface area (Å²) in [6.45, 7) is 0.804. The molecule has 1 aliphatic rings. The molecule has 8 heteroatoms. The van der Waals surface area contributed by atoms with Crippen LogP contribution in [-0.2, 0) is 17.8 Å². The number of hydrogen-bond acceptors (Lipinski definition) is 6. The number of fused-ring (bicyclic) bond motifs is 1. The lowest BCUT2D eigenvalue weighted by molar-refractivity contribution is -0.385. The first-order valence-electron chi connectivity index (χ1n) is 8.78. The second kappa shape index (κ2) is 8.26. The average molecular weight is 386 g/mol. The average Bonchev–Trinajstić information content (AvgIpc) is 2.71. The van der Waals surface area contributed by atoms with E-state index < -0.39 is 10.8 Å². The number of methoxy groups -OCH3 is 2. The standard InChI is InChI=1S/C20H22N2O6/c1-21(11-15-8-13-6-4-5-7-14(13)12-28-15)20(23)16-9-18(26-2)19(27-3)10-17(16)22(24)25/h4-7,9-10,15H,8,11-12H2,1-3H3. The number of nitrogens with zero attached hydrogens (tertiary/aromatic N) is 2. The third-order valence-corrected chi connectivity index (χ3v) is 4.79. The number of rotatable bonds is 6. The van der Waals surface area contributed by atoms with Crippen LogP contribution in [-0.4, -0.2) is 49.6 Å². The molecule has 3 rings (SSSR count). The molecule has 2 aromatic rings. The molecular weight excluding hydrogens is 364 g/mol. The third-order valence-electron chi connectivity index (χ3n) is 4.79. The van der Waals surface area contributed by atoms with Crippen LogP contribution in [0, 0.1) is 10.1 Å². The van der Waals surface area contributed by atoms with Gasteiger partial charge in [0.1, 0.15) is 5.56 Å². The molecule has 0 spiro atoms. The molecule has 1 amide bonds. The zero-order valence-electron chi connectivity index (χ0n) is 16.0. The lowest BCUT2D eigenvalue weighted by atomic mass is 9.99. The highest BCUT2D eigenvalue weighted by molar-refractivity contribution is 5.99. The van der Waals surface area contributed by atoms with E-state index >= 15 is 0 Å². The quantitative estimate of drug-likeness (QED) is 0.560. The maximum absolute atomic E-state index is 12.9. The molecule has 0 bridgehead atoms. The molecule has 148 valence electrons. The maximum atomic E-state index is 12.9. The van der Waals surface area contributed by atoms with Crippen LogP contribution in [0.2, 0.25) is 0 Å². The van der Waals surface area contributed by atoms with E-state index in [0.717, 1.165) is 5.56 Å². The summed E-state index contributed by atoms with van der Waals surface area (Å²) >= 11 is 0. The smallest absolute Gasteiger partial charge is 0.286 e. The van der Waals surface area contributed by atoms with E-state index in [1.807, 2.05) is 24.3 Å². The zero-order valence-corrected chi connectivity index (χ0v) is 16.0. The maximum Gasteiger partial charge on any atom is 0.286 e. The Morgan fingerprint density at radius 2 is 1.86 bits per heavy atom. The summed E-state index contributed by atoms with van der Waals surface area (Å²) in [5.74, 6) is -0.0246. The van der Waals surface area contributed by atoms with Crippen LogP contribution in [0.15, 0.2) is 36.4 Å². The van der Waals surface area contributed by atoms with Crippen LogP contribution in [0.25, 0.3) is 0 Å². The Labute approximate surface area is 162 Å². The first kappa shape index (κ1) is 19.6. The lowest BCUT2D eigenvalue weighted by Crippen LogP contribution is -2.38. The SMILES string of the molecule is COc1cc(C(=O)N(C)CC2Cc3ccccc3CO2)c([N+](=O)[O-])cc1OC. The second-order valence-electron chi connectivity index (χ2n) is 6.57. The largest absolute Gasteiger partial charge is 0.493 e. The molecule has 0 saturated heterocycles. The number of nitro benzene ring substituents is 1. The fourth-order valence-corrected chi connectivity index (χ4v) is 3.31. The predicted octanol–water partition coefficient (Wildman–Crippen LogP) is 2.83. The van der Waals surface area contributed by atoms with Gasteiger partial charge in [-0.15, -0.1) is 0 Å². The first-order valence-corrected chi connectivity index (χ1v) is 8.78. The minimum absolute atomic E-state index is 0.0543. The minimum atomic E-state index is -0.601. The van der Waals surface area contributed by atoms with Crippen molar-refractivity contribution in [2.24, 2.45) is 0 Å². The number of amides is 1. The Hall–Kier alpha value is -3.13. The molecule has 1 heterocycles. The van der Waals surface area contributed by atoms with Gasteiger partial charge in [0.25, 0.3) is 11.6 Å². The number of carbonyl (C=O) groups excluding carboxylic acids is 1. The molecule has 0 N–H and O–H groups in total. The monoisotopic (exact) mass is 386 g/mol. The molecule has 1 unspecified atom stereocenters. The van der Waals surface area contributed by atoms with Gasteiger partial charge in [0.2, 0.25) is 0 Å². The fraction of sp³-hybridized carbons (Fsp3) is 0.350. The van der Waals surface area contributed by atoms with Gasteiger partial charge in [0.05, 0.1) is 37.9 Å². The van der Waals surface area contributed by atoms with Crippen LogP contribution in [0.1, 0.15) is 21.5 Å². The van der Waals surface area contributed by atoms with Gasteiger partial charge in [-0.25, -0.2) is 0 Å². The third kappa shape index (κ3) is 3.91. The van der Waals surface area contributed by atoms with Crippen LogP contribution >= 0.6 is 0 Å². The van der Waals surface area contributed by atoms with E-state index in [1.54, 1.807) is 7.05 Å². The van der Waals surface area contributed by atoms with Gasteiger partial charge in [-0.2, -0.15) is 0 Å². The normalized spacial score (nSPS) is 15.5. The Morgan fingerprint density at radius 1 is 1.21 bits per heavy atom. The molecule has 1 aliphatic heterocycles. The number of hydrogen-bond donors (Lipinski definition) is 0. The molecule has 0 radical (unpaired) electrons. The van der Waals surface area contributed by atoms with Crippen LogP contribution < -0.4 is 9.47 Å². The minimum Gasteiger partial charge on any atom is -0.493 e. The summed E-state index contributed by atoms with van der Waals surface area (Å²) in [5.41, 5.74) is 1.95. The number of carbonyl (C=O) groups is 1. The second-order valence-corrected chi connectivity index (χ2v) is 6.57. The van der Waals surface area contributed by atoms with Crippen LogP contribution in [0.5, 0.6) is 11.5 Å². The fourth-order valence-electron chi connectivity index (χ4n) is 3.31. The van der Waals surface area contributed by atoms with Gasteiger partial charge in [0.15, 0.2) is 11.5 Å². The lowest BCUT2D eigenvalue weighted by Gasteiger charge is -2.29. The molecule has 0 aliphatic carbocycles. The van der Waals surface area contributed by atoms with Crippen molar-refractivity contribution in [2.45, 2.75) is 19.1 Å². The summed E-state index contributed by atoms with van der Waals surface area (Å²) in [4.78, 5) is 25.2. The van der Waals surface area contributed by atoms with Crippen LogP contribution in [0.3, 0.4) is 0 Å². The van der Waals surface area contributed by atoms with E-state index in [4.69, 9.17) is 14.2 Å². The van der Waals surface area contributed by atoms with Gasteiger partial charge in [-0.1, -0.05) is 24.3 Å². The van der Waals surface area contributed by atoms with E-state index in [0.29, 0.717) is 19.6 Å². The number of nitro groups is 1. The van der Waals surface area contributed by atoms with Crippen LogP contribution in [0.4, 0.5) is 5.69 Å². The summed E-state index contributed by atoms with van der Waals surface area (Å²) in [6.07, 6.45) is 0.505. The van der Waals surface area contributed by atoms with Gasteiger partial charge < -0.3 is 19.1 Å². The summed E-state index contributed by atoms with van der Waals surface area (Å²) in [5, 5.41) is 11.5. The molecule has 8 nitrogen and oxygen atoms in total. The van der Waals surface area contributed by atoms with Gasteiger partial charge in [0, 0.05) is 26.1 Å². The Bertz CT molecular complexity index is 898. The first-order chi connectivity index (χ1) is 13.4. The highest BCUT2D eigenvalue weighted by atomic mass is 16.6. The number of benzene rings is 2. The highest BCUT2D eigenvalue weighted by Crippen LogP contribution is 2.35. The summed E-state index contributed by atoms with van der Waals surface area (Å²) in [6, 6.07) is 10.6.